The fraction of sp³-hybridized carbons (Fsp3) is 0.500. The van der Waals surface area contributed by atoms with Crippen LogP contribution < -0.4 is 10.6 Å². The van der Waals surface area contributed by atoms with E-state index >= 15 is 0 Å². The number of benzene rings is 1. The summed E-state index contributed by atoms with van der Waals surface area (Å²) in [7, 11) is 1.35. The highest BCUT2D eigenvalue weighted by Gasteiger charge is 2.42. The number of hydrogen-bond acceptors (Lipinski definition) is 3. The van der Waals surface area contributed by atoms with Crippen molar-refractivity contribution in [1.29, 1.82) is 0 Å². The first kappa shape index (κ1) is 12.7. The predicted octanol–water partition coefficient (Wildman–Crippen LogP) is 3.47. The number of ether oxygens (including phenoxy) is 1. The minimum Gasteiger partial charge on any atom is -0.453 e. The highest BCUT2D eigenvalue weighted by Crippen LogP contribution is 2.48. The molecule has 1 unspecified atom stereocenters. The molecule has 1 aliphatic rings. The molecule has 2 N–H and O–H groups in total. The third-order valence-electron chi connectivity index (χ3n) is 3.76. The number of amides is 1. The largest absolute Gasteiger partial charge is 0.453 e. The molecular formula is C14H20N2O2. The van der Waals surface area contributed by atoms with Crippen LogP contribution in [0.4, 0.5) is 16.2 Å². The first-order valence-corrected chi connectivity index (χ1v) is 6.25. The van der Waals surface area contributed by atoms with Gasteiger partial charge in [-0.15, -0.1) is 0 Å². The molecule has 0 bridgehead atoms. The van der Waals surface area contributed by atoms with Crippen LogP contribution in [0.1, 0.15) is 26.7 Å². The number of carbonyl (C=O) groups is 1. The lowest BCUT2D eigenvalue weighted by Crippen LogP contribution is -2.24. The monoisotopic (exact) mass is 248 g/mol. The Kier molecular flexibility index (Phi) is 3.45. The Morgan fingerprint density at radius 3 is 2.67 bits per heavy atom. The molecule has 18 heavy (non-hydrogen) atoms. The van der Waals surface area contributed by atoms with Crippen molar-refractivity contribution in [1.82, 2.24) is 0 Å². The molecular weight excluding hydrogens is 228 g/mol. The molecule has 1 amide bonds. The maximum Gasteiger partial charge on any atom is 0.411 e. The smallest absolute Gasteiger partial charge is 0.411 e. The van der Waals surface area contributed by atoms with E-state index in [1.54, 1.807) is 0 Å². The van der Waals surface area contributed by atoms with Crippen LogP contribution in [0.3, 0.4) is 0 Å². The van der Waals surface area contributed by atoms with Gasteiger partial charge in [0.15, 0.2) is 0 Å². The van der Waals surface area contributed by atoms with Crippen molar-refractivity contribution in [2.24, 2.45) is 5.41 Å². The summed E-state index contributed by atoms with van der Waals surface area (Å²) >= 11 is 0. The summed E-state index contributed by atoms with van der Waals surface area (Å²) < 4.78 is 4.57. The van der Waals surface area contributed by atoms with Gasteiger partial charge in [-0.2, -0.15) is 0 Å². The van der Waals surface area contributed by atoms with Gasteiger partial charge >= 0.3 is 6.09 Å². The van der Waals surface area contributed by atoms with Gasteiger partial charge in [-0.05, 0) is 43.4 Å². The second-order valence-electron chi connectivity index (χ2n) is 5.22. The average molecular weight is 248 g/mol. The minimum absolute atomic E-state index is 0.422. The van der Waals surface area contributed by atoms with E-state index in [0.717, 1.165) is 11.4 Å². The molecule has 0 saturated heterocycles. The summed E-state index contributed by atoms with van der Waals surface area (Å²) in [6.07, 6.45) is 2.11. The Bertz CT molecular complexity index is 441. The Balaban J connectivity index is 2.00. The summed E-state index contributed by atoms with van der Waals surface area (Å²) in [5.41, 5.74) is 2.18. The van der Waals surface area contributed by atoms with Gasteiger partial charge in [0.05, 0.1) is 7.11 Å². The molecule has 0 heterocycles. The van der Waals surface area contributed by atoms with Crippen molar-refractivity contribution < 1.29 is 9.53 Å². The van der Waals surface area contributed by atoms with Crippen LogP contribution in [0.25, 0.3) is 0 Å². The number of nitrogens with one attached hydrogen (secondary N) is 2. The van der Waals surface area contributed by atoms with Crippen LogP contribution >= 0.6 is 0 Å². The number of carbonyl (C=O) groups excluding carboxylic acids is 1. The highest BCUT2D eigenvalue weighted by atomic mass is 16.5. The van der Waals surface area contributed by atoms with Gasteiger partial charge in [0, 0.05) is 17.4 Å². The van der Waals surface area contributed by atoms with E-state index in [1.807, 2.05) is 24.3 Å². The lowest BCUT2D eigenvalue weighted by atomic mass is 10.0. The van der Waals surface area contributed by atoms with Crippen molar-refractivity contribution in [2.75, 3.05) is 17.7 Å². The Morgan fingerprint density at radius 1 is 1.39 bits per heavy atom. The molecule has 0 radical (unpaired) electrons. The normalized spacial score (nSPS) is 17.7. The molecule has 0 aromatic heterocycles. The van der Waals surface area contributed by atoms with Crippen molar-refractivity contribution in [2.45, 2.75) is 32.7 Å². The number of hydrogen-bond donors (Lipinski definition) is 2. The summed E-state index contributed by atoms with van der Waals surface area (Å²) in [6, 6.07) is 8.11. The molecule has 1 aromatic rings. The highest BCUT2D eigenvalue weighted by molar-refractivity contribution is 5.85. The molecule has 2 rings (SSSR count). The quantitative estimate of drug-likeness (QED) is 0.857. The number of rotatable bonds is 4. The van der Waals surface area contributed by atoms with Gasteiger partial charge in [-0.1, -0.05) is 13.0 Å². The van der Waals surface area contributed by atoms with Crippen LogP contribution in [0, 0.1) is 5.41 Å². The van der Waals surface area contributed by atoms with Gasteiger partial charge in [0.1, 0.15) is 0 Å². The molecule has 4 heteroatoms. The van der Waals surface area contributed by atoms with Gasteiger partial charge in [-0.25, -0.2) is 4.79 Å². The molecule has 4 nitrogen and oxygen atoms in total. The molecule has 1 fully saturated rings. The summed E-state index contributed by atoms with van der Waals surface area (Å²) in [6.45, 7) is 4.49. The maximum atomic E-state index is 11.1. The third kappa shape index (κ3) is 2.94. The van der Waals surface area contributed by atoms with E-state index in [0.29, 0.717) is 11.5 Å². The molecule has 1 atom stereocenters. The fourth-order valence-electron chi connectivity index (χ4n) is 1.91. The van der Waals surface area contributed by atoms with E-state index in [2.05, 4.69) is 29.2 Å². The molecule has 1 saturated carbocycles. The Labute approximate surface area is 108 Å². The van der Waals surface area contributed by atoms with Crippen LogP contribution in [-0.2, 0) is 4.74 Å². The van der Waals surface area contributed by atoms with Crippen molar-refractivity contribution in [3.63, 3.8) is 0 Å². The van der Waals surface area contributed by atoms with Crippen LogP contribution in [0.5, 0.6) is 0 Å². The second-order valence-corrected chi connectivity index (χ2v) is 5.22. The zero-order valence-electron chi connectivity index (χ0n) is 11.1. The number of anilines is 2. The van der Waals surface area contributed by atoms with E-state index < -0.39 is 6.09 Å². The summed E-state index contributed by atoms with van der Waals surface area (Å²) in [5.74, 6) is 0. The molecule has 0 spiro atoms. The number of methoxy groups -OCH3 is 1. The lowest BCUT2D eigenvalue weighted by Gasteiger charge is -2.22. The zero-order chi connectivity index (χ0) is 13.2. The Hall–Kier alpha value is -1.71. The van der Waals surface area contributed by atoms with Crippen LogP contribution in [-0.4, -0.2) is 19.2 Å². The molecule has 1 aliphatic carbocycles. The second kappa shape index (κ2) is 4.88. The summed E-state index contributed by atoms with van der Waals surface area (Å²) in [4.78, 5) is 11.1. The lowest BCUT2D eigenvalue weighted by molar-refractivity contribution is 0.187. The average Bonchev–Trinajstić information content (AvgIpc) is 3.09. The molecule has 98 valence electrons. The summed E-state index contributed by atoms with van der Waals surface area (Å²) in [5, 5.41) is 6.14. The molecule has 1 aromatic carbocycles. The van der Waals surface area contributed by atoms with E-state index in [4.69, 9.17) is 0 Å². The SMILES string of the molecule is COC(=O)Nc1cccc(NC(C)C2(C)CC2)c1. The molecule has 0 aliphatic heterocycles. The van der Waals surface area contributed by atoms with E-state index in [9.17, 15) is 4.79 Å². The maximum absolute atomic E-state index is 11.1. The van der Waals surface area contributed by atoms with Gasteiger partial charge < -0.3 is 10.1 Å². The van der Waals surface area contributed by atoms with Crippen LogP contribution in [0.2, 0.25) is 0 Å². The van der Waals surface area contributed by atoms with Crippen molar-refractivity contribution in [3.8, 4) is 0 Å². The predicted molar refractivity (Wildman–Crippen MR) is 72.9 cm³/mol. The standard InChI is InChI=1S/C14H20N2O2/c1-10(14(2)7-8-14)15-11-5-4-6-12(9-11)16-13(17)18-3/h4-6,9-10,15H,7-8H2,1-3H3,(H,16,17). The van der Waals surface area contributed by atoms with Gasteiger partial charge in [-0.3, -0.25) is 5.32 Å². The van der Waals surface area contributed by atoms with Crippen LogP contribution in [0.15, 0.2) is 24.3 Å². The topological polar surface area (TPSA) is 50.4 Å². The van der Waals surface area contributed by atoms with Crippen molar-refractivity contribution in [3.05, 3.63) is 24.3 Å². The zero-order valence-corrected chi connectivity index (χ0v) is 11.1. The van der Waals surface area contributed by atoms with E-state index in [1.165, 1.54) is 20.0 Å². The van der Waals surface area contributed by atoms with E-state index in [-0.39, 0.29) is 0 Å². The third-order valence-corrected chi connectivity index (χ3v) is 3.76. The van der Waals surface area contributed by atoms with Gasteiger partial charge in [0.25, 0.3) is 0 Å². The Morgan fingerprint density at radius 2 is 2.06 bits per heavy atom. The van der Waals surface area contributed by atoms with Crippen molar-refractivity contribution >= 4 is 17.5 Å². The first-order valence-electron chi connectivity index (χ1n) is 6.25. The first-order chi connectivity index (χ1) is 8.53. The van der Waals surface area contributed by atoms with Gasteiger partial charge in [0.2, 0.25) is 0 Å². The fourth-order valence-corrected chi connectivity index (χ4v) is 1.91. The minimum atomic E-state index is -0.450.